The first-order valence-corrected chi connectivity index (χ1v) is 7.21. The topological polar surface area (TPSA) is 19.4 Å². The van der Waals surface area contributed by atoms with Gasteiger partial charge in [0.15, 0.2) is 0 Å². The minimum atomic E-state index is -2.48. The maximum atomic E-state index is 12.9. The maximum Gasteiger partial charge on any atom is 0.265 e. The molecule has 6 heteroatoms. The van der Waals surface area contributed by atoms with Crippen LogP contribution in [0.15, 0.2) is 16.7 Å². The Morgan fingerprint density at radius 3 is 2.37 bits per heavy atom. The van der Waals surface area contributed by atoms with Crippen LogP contribution in [0.25, 0.3) is 0 Å². The Kier molecular flexibility index (Phi) is 4.73. The highest BCUT2D eigenvalue weighted by atomic mass is 79.9. The summed E-state index contributed by atoms with van der Waals surface area (Å²) in [7, 11) is 0. The second-order valence-corrected chi connectivity index (χ2v) is 5.75. The number of aromatic nitrogens is 1. The van der Waals surface area contributed by atoms with Crippen molar-refractivity contribution in [3.63, 3.8) is 0 Å². The van der Waals surface area contributed by atoms with E-state index in [1.165, 1.54) is 12.3 Å². The zero-order valence-corrected chi connectivity index (χ0v) is 12.7. The van der Waals surface area contributed by atoms with E-state index in [9.17, 15) is 8.78 Å². The van der Waals surface area contributed by atoms with Gasteiger partial charge in [0.2, 0.25) is 0 Å². The van der Waals surface area contributed by atoms with Crippen LogP contribution in [0.2, 0.25) is 0 Å². The first kappa shape index (κ1) is 14.7. The van der Waals surface area contributed by atoms with E-state index in [1.54, 1.807) is 0 Å². The van der Waals surface area contributed by atoms with Crippen molar-refractivity contribution in [2.24, 2.45) is 0 Å². The van der Waals surface area contributed by atoms with Crippen molar-refractivity contribution in [3.8, 4) is 0 Å². The third kappa shape index (κ3) is 3.23. The highest BCUT2D eigenvalue weighted by molar-refractivity contribution is 9.10. The van der Waals surface area contributed by atoms with Gasteiger partial charge >= 0.3 is 0 Å². The van der Waals surface area contributed by atoms with Gasteiger partial charge < -0.3 is 4.90 Å². The standard InChI is InChI=1S/C13H18BrF2N3/c1-9(2)18-5-7-19(8-6-18)13-11(14)10(12(15)16)3-4-17-13/h3-4,9,12H,5-8H2,1-2H3. The van der Waals surface area contributed by atoms with E-state index in [0.29, 0.717) is 16.3 Å². The van der Waals surface area contributed by atoms with Gasteiger partial charge in [0, 0.05) is 44.0 Å². The average molecular weight is 334 g/mol. The van der Waals surface area contributed by atoms with Crippen molar-refractivity contribution in [3.05, 3.63) is 22.3 Å². The zero-order chi connectivity index (χ0) is 14.0. The Balaban J connectivity index is 2.14. The van der Waals surface area contributed by atoms with Crippen LogP contribution in [0.4, 0.5) is 14.6 Å². The van der Waals surface area contributed by atoms with Crippen molar-refractivity contribution in [2.45, 2.75) is 26.3 Å². The molecule has 2 heterocycles. The lowest BCUT2D eigenvalue weighted by Crippen LogP contribution is -2.49. The molecular formula is C13H18BrF2N3. The number of hydrogen-bond acceptors (Lipinski definition) is 3. The van der Waals surface area contributed by atoms with Crippen LogP contribution in [0, 0.1) is 0 Å². The molecule has 1 aliphatic heterocycles. The van der Waals surface area contributed by atoms with Crippen LogP contribution >= 0.6 is 15.9 Å². The third-order valence-corrected chi connectivity index (χ3v) is 4.29. The van der Waals surface area contributed by atoms with Crippen LogP contribution in [-0.2, 0) is 0 Å². The molecule has 0 spiro atoms. The first-order chi connectivity index (χ1) is 9.00. The third-order valence-electron chi connectivity index (χ3n) is 3.48. The van der Waals surface area contributed by atoms with Gasteiger partial charge in [0.25, 0.3) is 6.43 Å². The van der Waals surface area contributed by atoms with E-state index < -0.39 is 6.43 Å². The Labute approximate surface area is 120 Å². The minimum absolute atomic E-state index is 0.0105. The summed E-state index contributed by atoms with van der Waals surface area (Å²) in [5, 5.41) is 0. The van der Waals surface area contributed by atoms with Crippen LogP contribution in [-0.4, -0.2) is 42.1 Å². The van der Waals surface area contributed by atoms with E-state index in [-0.39, 0.29) is 5.56 Å². The molecule has 0 radical (unpaired) electrons. The number of nitrogens with zero attached hydrogens (tertiary/aromatic N) is 3. The number of piperazine rings is 1. The van der Waals surface area contributed by atoms with Gasteiger partial charge in [-0.05, 0) is 35.8 Å². The quantitative estimate of drug-likeness (QED) is 0.845. The molecule has 0 aromatic carbocycles. The number of alkyl halides is 2. The Morgan fingerprint density at radius 2 is 1.84 bits per heavy atom. The van der Waals surface area contributed by atoms with Crippen molar-refractivity contribution in [2.75, 3.05) is 31.1 Å². The fourth-order valence-electron chi connectivity index (χ4n) is 2.29. The molecule has 19 heavy (non-hydrogen) atoms. The van der Waals surface area contributed by atoms with Gasteiger partial charge in [-0.3, -0.25) is 4.90 Å². The number of rotatable bonds is 3. The SMILES string of the molecule is CC(C)N1CCN(c2nccc(C(F)F)c2Br)CC1. The number of anilines is 1. The predicted octanol–water partition coefficient (Wildman–Crippen LogP) is 3.31. The second kappa shape index (κ2) is 6.13. The molecule has 0 saturated carbocycles. The molecule has 1 aliphatic rings. The summed E-state index contributed by atoms with van der Waals surface area (Å²) in [5.74, 6) is 0.626. The molecular weight excluding hydrogens is 316 g/mol. The number of halogens is 3. The zero-order valence-electron chi connectivity index (χ0n) is 11.1. The Bertz CT molecular complexity index is 432. The molecule has 0 unspecified atom stereocenters. The molecule has 0 bridgehead atoms. The molecule has 1 aromatic heterocycles. The predicted molar refractivity (Wildman–Crippen MR) is 75.8 cm³/mol. The molecule has 1 saturated heterocycles. The van der Waals surface area contributed by atoms with Crippen LogP contribution in [0.1, 0.15) is 25.8 Å². The number of pyridine rings is 1. The second-order valence-electron chi connectivity index (χ2n) is 4.96. The largest absolute Gasteiger partial charge is 0.353 e. The maximum absolute atomic E-state index is 12.9. The monoisotopic (exact) mass is 333 g/mol. The highest BCUT2D eigenvalue weighted by Crippen LogP contribution is 2.33. The summed E-state index contributed by atoms with van der Waals surface area (Å²) in [4.78, 5) is 8.68. The molecule has 0 amide bonds. The van der Waals surface area contributed by atoms with E-state index >= 15 is 0 Å². The molecule has 1 aromatic rings. The molecule has 0 aliphatic carbocycles. The smallest absolute Gasteiger partial charge is 0.265 e. The van der Waals surface area contributed by atoms with Crippen molar-refractivity contribution in [1.29, 1.82) is 0 Å². The fourth-order valence-corrected chi connectivity index (χ4v) is 2.94. The summed E-state index contributed by atoms with van der Waals surface area (Å²) in [6.45, 7) is 7.84. The molecule has 1 fully saturated rings. The van der Waals surface area contributed by atoms with Gasteiger partial charge in [-0.15, -0.1) is 0 Å². The summed E-state index contributed by atoms with van der Waals surface area (Å²) in [6, 6.07) is 1.88. The van der Waals surface area contributed by atoms with Gasteiger partial charge in [-0.25, -0.2) is 13.8 Å². The lowest BCUT2D eigenvalue weighted by molar-refractivity contribution is 0.150. The van der Waals surface area contributed by atoms with Crippen molar-refractivity contribution >= 4 is 21.7 Å². The summed E-state index contributed by atoms with van der Waals surface area (Å²) >= 11 is 3.26. The summed E-state index contributed by atoms with van der Waals surface area (Å²) in [5.41, 5.74) is 0.0105. The lowest BCUT2D eigenvalue weighted by Gasteiger charge is -2.38. The molecule has 3 nitrogen and oxygen atoms in total. The normalized spacial score (nSPS) is 17.5. The average Bonchev–Trinajstić information content (AvgIpc) is 2.38. The van der Waals surface area contributed by atoms with Crippen LogP contribution < -0.4 is 4.90 Å². The first-order valence-electron chi connectivity index (χ1n) is 6.42. The summed E-state index contributed by atoms with van der Waals surface area (Å²) in [6.07, 6.45) is -1.02. The van der Waals surface area contributed by atoms with E-state index in [4.69, 9.17) is 0 Å². The van der Waals surface area contributed by atoms with Gasteiger partial charge in [0.1, 0.15) is 5.82 Å². The molecule has 0 N–H and O–H groups in total. The van der Waals surface area contributed by atoms with Crippen LogP contribution in [0.3, 0.4) is 0 Å². The van der Waals surface area contributed by atoms with E-state index in [2.05, 4.69) is 44.6 Å². The van der Waals surface area contributed by atoms with E-state index in [0.717, 1.165) is 26.2 Å². The molecule has 0 atom stereocenters. The van der Waals surface area contributed by atoms with Gasteiger partial charge in [-0.2, -0.15) is 0 Å². The summed E-state index contributed by atoms with van der Waals surface area (Å²) < 4.78 is 26.1. The fraction of sp³-hybridized carbons (Fsp3) is 0.615. The molecule has 106 valence electrons. The minimum Gasteiger partial charge on any atom is -0.353 e. The van der Waals surface area contributed by atoms with E-state index in [1.807, 2.05) is 0 Å². The Morgan fingerprint density at radius 1 is 1.21 bits per heavy atom. The number of hydrogen-bond donors (Lipinski definition) is 0. The van der Waals surface area contributed by atoms with Crippen molar-refractivity contribution < 1.29 is 8.78 Å². The lowest BCUT2D eigenvalue weighted by atomic mass is 10.2. The van der Waals surface area contributed by atoms with Crippen molar-refractivity contribution in [1.82, 2.24) is 9.88 Å². The molecule has 2 rings (SSSR count). The Hall–Kier alpha value is -0.750. The van der Waals surface area contributed by atoms with Crippen LogP contribution in [0.5, 0.6) is 0 Å². The van der Waals surface area contributed by atoms with Gasteiger partial charge in [0.05, 0.1) is 4.47 Å². The van der Waals surface area contributed by atoms with Gasteiger partial charge in [-0.1, -0.05) is 0 Å². The highest BCUT2D eigenvalue weighted by Gasteiger charge is 2.23.